The predicted octanol–water partition coefficient (Wildman–Crippen LogP) is 5.74. The van der Waals surface area contributed by atoms with Gasteiger partial charge in [-0.15, -0.1) is 11.6 Å². The van der Waals surface area contributed by atoms with E-state index in [0.29, 0.717) is 15.6 Å². The van der Waals surface area contributed by atoms with Crippen molar-refractivity contribution in [3.05, 3.63) is 69.0 Å². The molecule has 1 unspecified atom stereocenters. The second kappa shape index (κ2) is 5.61. The van der Waals surface area contributed by atoms with Crippen molar-refractivity contribution in [1.82, 2.24) is 0 Å². The van der Waals surface area contributed by atoms with Gasteiger partial charge in [-0.05, 0) is 41.5 Å². The summed E-state index contributed by atoms with van der Waals surface area (Å²) in [7, 11) is 0. The molecule has 1 atom stereocenters. The van der Waals surface area contributed by atoms with Gasteiger partial charge < -0.3 is 0 Å². The summed E-state index contributed by atoms with van der Waals surface area (Å²) in [5.41, 5.74) is 0.448. The molecule has 0 fully saturated rings. The molecule has 0 N–H and O–H groups in total. The monoisotopic (exact) mass is 324 g/mol. The molecule has 0 aromatic heterocycles. The van der Waals surface area contributed by atoms with E-state index in [-0.39, 0.29) is 5.56 Å². The zero-order chi connectivity index (χ0) is 14.2. The van der Waals surface area contributed by atoms with Crippen LogP contribution >= 0.6 is 34.8 Å². The van der Waals surface area contributed by atoms with Crippen LogP contribution in [0.1, 0.15) is 16.5 Å². The highest BCUT2D eigenvalue weighted by molar-refractivity contribution is 6.35. The maximum atomic E-state index is 13.2. The Morgan fingerprint density at radius 3 is 2.05 bits per heavy atom. The quantitative estimate of drug-likeness (QED) is 0.488. The number of alkyl halides is 1. The van der Waals surface area contributed by atoms with Crippen molar-refractivity contribution >= 4 is 34.8 Å². The Morgan fingerprint density at radius 1 is 0.895 bits per heavy atom. The number of rotatable bonds is 2. The Balaban J connectivity index is 2.49. The third-order valence-electron chi connectivity index (χ3n) is 2.53. The minimum absolute atomic E-state index is 0.0576. The van der Waals surface area contributed by atoms with Crippen LogP contribution in [-0.4, -0.2) is 0 Å². The number of hydrogen-bond donors (Lipinski definition) is 0. The van der Waals surface area contributed by atoms with Crippen LogP contribution in [0.5, 0.6) is 0 Å². The first kappa shape index (κ1) is 14.5. The van der Waals surface area contributed by atoms with Gasteiger partial charge in [-0.1, -0.05) is 23.2 Å². The van der Waals surface area contributed by atoms with E-state index in [4.69, 9.17) is 34.8 Å². The molecule has 0 radical (unpaired) electrons. The fourth-order valence-corrected chi connectivity index (χ4v) is 2.38. The lowest BCUT2D eigenvalue weighted by Gasteiger charge is -2.13. The highest BCUT2D eigenvalue weighted by Gasteiger charge is 2.19. The average Bonchev–Trinajstić information content (AvgIpc) is 2.37. The smallest absolute Gasteiger partial charge is 0.194 e. The molecule has 2 aromatic rings. The molecule has 2 aromatic carbocycles. The van der Waals surface area contributed by atoms with Crippen LogP contribution in [-0.2, 0) is 0 Å². The Hall–Kier alpha value is -0.900. The van der Waals surface area contributed by atoms with E-state index in [1.54, 1.807) is 6.07 Å². The van der Waals surface area contributed by atoms with E-state index in [9.17, 15) is 13.2 Å². The van der Waals surface area contributed by atoms with Crippen LogP contribution in [0.15, 0.2) is 30.3 Å². The van der Waals surface area contributed by atoms with Crippen molar-refractivity contribution in [2.24, 2.45) is 0 Å². The highest BCUT2D eigenvalue weighted by Crippen LogP contribution is 2.36. The predicted molar refractivity (Wildman–Crippen MR) is 70.5 cm³/mol. The number of hydrogen-bond acceptors (Lipinski definition) is 0. The van der Waals surface area contributed by atoms with Crippen LogP contribution < -0.4 is 0 Å². The fraction of sp³-hybridized carbons (Fsp3) is 0.0769. The highest BCUT2D eigenvalue weighted by atomic mass is 35.5. The van der Waals surface area contributed by atoms with Crippen molar-refractivity contribution in [2.75, 3.05) is 0 Å². The lowest BCUT2D eigenvalue weighted by molar-refractivity contribution is 0.445. The lowest BCUT2D eigenvalue weighted by Crippen LogP contribution is -1.99. The van der Waals surface area contributed by atoms with Crippen molar-refractivity contribution in [3.8, 4) is 0 Å². The molecule has 0 saturated carbocycles. The summed E-state index contributed by atoms with van der Waals surface area (Å²) in [6.45, 7) is 0. The van der Waals surface area contributed by atoms with Gasteiger partial charge >= 0.3 is 0 Å². The third kappa shape index (κ3) is 2.99. The molecule has 0 nitrogen and oxygen atoms in total. The second-order valence-corrected chi connectivity index (χ2v) is 5.11. The normalized spacial score (nSPS) is 12.5. The largest absolute Gasteiger partial charge is 0.204 e. The summed E-state index contributed by atoms with van der Waals surface area (Å²) in [6, 6.07) is 6.22. The zero-order valence-corrected chi connectivity index (χ0v) is 11.5. The van der Waals surface area contributed by atoms with Crippen LogP contribution in [0.2, 0.25) is 10.0 Å². The molecule has 2 rings (SSSR count). The summed E-state index contributed by atoms with van der Waals surface area (Å²) in [5.74, 6) is -4.15. The minimum Gasteiger partial charge on any atom is -0.204 e. The van der Waals surface area contributed by atoms with Crippen molar-refractivity contribution in [3.63, 3.8) is 0 Å². The van der Waals surface area contributed by atoms with E-state index in [1.807, 2.05) is 0 Å². The number of benzene rings is 2. The molecule has 0 aliphatic carbocycles. The molecule has 0 saturated heterocycles. The first-order valence-corrected chi connectivity index (χ1v) is 6.33. The number of halogens is 6. The summed E-state index contributed by atoms with van der Waals surface area (Å²) in [6.07, 6.45) is 0. The Morgan fingerprint density at radius 2 is 1.47 bits per heavy atom. The van der Waals surface area contributed by atoms with E-state index in [2.05, 4.69) is 0 Å². The summed E-state index contributed by atoms with van der Waals surface area (Å²) in [4.78, 5) is 0. The molecule has 0 aliphatic rings. The second-order valence-electron chi connectivity index (χ2n) is 3.83. The average molecular weight is 326 g/mol. The first-order valence-electron chi connectivity index (χ1n) is 5.13. The zero-order valence-electron chi connectivity index (χ0n) is 9.23. The van der Waals surface area contributed by atoms with Crippen LogP contribution in [0.25, 0.3) is 0 Å². The first-order chi connectivity index (χ1) is 8.90. The van der Waals surface area contributed by atoms with Crippen LogP contribution in [0.4, 0.5) is 13.2 Å². The summed E-state index contributed by atoms with van der Waals surface area (Å²) >= 11 is 17.9. The molecule has 0 bridgehead atoms. The fourth-order valence-electron chi connectivity index (χ4n) is 1.61. The van der Waals surface area contributed by atoms with Gasteiger partial charge in [0.1, 0.15) is 0 Å². The topological polar surface area (TPSA) is 0 Å². The molecule has 100 valence electrons. The van der Waals surface area contributed by atoms with Gasteiger partial charge in [-0.3, -0.25) is 0 Å². The van der Waals surface area contributed by atoms with Gasteiger partial charge in [-0.2, -0.15) is 0 Å². The summed E-state index contributed by atoms with van der Waals surface area (Å²) < 4.78 is 39.2. The van der Waals surface area contributed by atoms with Crippen molar-refractivity contribution < 1.29 is 13.2 Å². The molecule has 0 aliphatic heterocycles. The van der Waals surface area contributed by atoms with Gasteiger partial charge in [0.05, 0.1) is 5.38 Å². The maximum Gasteiger partial charge on any atom is 0.194 e. The van der Waals surface area contributed by atoms with Gasteiger partial charge in [-0.25, -0.2) is 13.2 Å². The molecule has 6 heteroatoms. The van der Waals surface area contributed by atoms with Crippen LogP contribution in [0, 0.1) is 17.5 Å². The van der Waals surface area contributed by atoms with Crippen LogP contribution in [0.3, 0.4) is 0 Å². The van der Waals surface area contributed by atoms with E-state index < -0.39 is 22.8 Å². The van der Waals surface area contributed by atoms with Gasteiger partial charge in [0.2, 0.25) is 0 Å². The van der Waals surface area contributed by atoms with Crippen molar-refractivity contribution in [1.29, 1.82) is 0 Å². The standard InChI is InChI=1S/C13H6Cl3F3/c14-7-1-2-9(15)8(5-7)12(16)6-3-10(17)13(19)11(18)4-6/h1-5,12H. The SMILES string of the molecule is Fc1cc(C(Cl)c2cc(Cl)ccc2Cl)cc(F)c1F. The van der Waals surface area contributed by atoms with E-state index in [1.165, 1.54) is 12.1 Å². The maximum absolute atomic E-state index is 13.2. The molecular formula is C13H6Cl3F3. The van der Waals surface area contributed by atoms with Crippen molar-refractivity contribution in [2.45, 2.75) is 5.38 Å². The Kier molecular flexibility index (Phi) is 4.29. The molecule has 0 amide bonds. The minimum atomic E-state index is -1.54. The third-order valence-corrected chi connectivity index (χ3v) is 3.60. The van der Waals surface area contributed by atoms with Gasteiger partial charge in [0.25, 0.3) is 0 Å². The van der Waals surface area contributed by atoms with E-state index >= 15 is 0 Å². The Bertz CT molecular complexity index is 606. The molecule has 0 spiro atoms. The van der Waals surface area contributed by atoms with E-state index in [0.717, 1.165) is 12.1 Å². The lowest BCUT2D eigenvalue weighted by atomic mass is 10.0. The van der Waals surface area contributed by atoms with Gasteiger partial charge in [0, 0.05) is 10.0 Å². The molecular weight excluding hydrogens is 319 g/mol. The van der Waals surface area contributed by atoms with Gasteiger partial charge in [0.15, 0.2) is 17.5 Å². The summed E-state index contributed by atoms with van der Waals surface area (Å²) in [5, 5.41) is -0.251. The Labute approximate surface area is 122 Å². The molecule has 19 heavy (non-hydrogen) atoms. The molecule has 0 heterocycles.